The van der Waals surface area contributed by atoms with E-state index in [4.69, 9.17) is 9.15 Å². The minimum Gasteiger partial charge on any atom is -0.497 e. The van der Waals surface area contributed by atoms with Crippen molar-refractivity contribution in [1.82, 2.24) is 4.98 Å². The lowest BCUT2D eigenvalue weighted by Crippen LogP contribution is -2.33. The van der Waals surface area contributed by atoms with Crippen LogP contribution in [0.2, 0.25) is 0 Å². The third kappa shape index (κ3) is 4.29. The highest BCUT2D eigenvalue weighted by Crippen LogP contribution is 2.34. The van der Waals surface area contributed by atoms with E-state index in [1.54, 1.807) is 31.4 Å². The van der Waals surface area contributed by atoms with E-state index in [1.807, 2.05) is 4.90 Å². The predicted molar refractivity (Wildman–Crippen MR) is 104 cm³/mol. The van der Waals surface area contributed by atoms with Crippen LogP contribution < -0.4 is 9.64 Å². The number of ether oxygens (including phenoxy) is 1. The zero-order valence-electron chi connectivity index (χ0n) is 16.3. The van der Waals surface area contributed by atoms with Crippen LogP contribution in [0.3, 0.4) is 0 Å². The van der Waals surface area contributed by atoms with Gasteiger partial charge in [0.05, 0.1) is 12.0 Å². The van der Waals surface area contributed by atoms with E-state index in [-0.39, 0.29) is 9.92 Å². The predicted octanol–water partition coefficient (Wildman–Crippen LogP) is 4.09. The van der Waals surface area contributed by atoms with Crippen molar-refractivity contribution in [1.29, 1.82) is 0 Å². The van der Waals surface area contributed by atoms with Gasteiger partial charge in [-0.1, -0.05) is 20.3 Å². The Bertz CT molecular complexity index is 851. The summed E-state index contributed by atoms with van der Waals surface area (Å²) in [6.07, 6.45) is 4.60. The average Bonchev–Trinajstić information content (AvgIpc) is 3.12. The molecule has 1 aliphatic rings. The first-order chi connectivity index (χ1) is 13.0. The molecule has 1 aromatic heterocycles. The summed E-state index contributed by atoms with van der Waals surface area (Å²) in [5.41, 5.74) is 0. The third-order valence-corrected chi connectivity index (χ3v) is 6.73. The molecule has 148 valence electrons. The van der Waals surface area contributed by atoms with Crippen molar-refractivity contribution < 1.29 is 17.6 Å². The van der Waals surface area contributed by atoms with Crippen LogP contribution in [0, 0.1) is 5.92 Å². The van der Waals surface area contributed by atoms with Crippen LogP contribution in [0.5, 0.6) is 5.75 Å². The number of anilines is 1. The number of aromatic nitrogens is 1. The summed E-state index contributed by atoms with van der Waals surface area (Å²) in [5, 5.41) is 0.0355. The molecule has 0 amide bonds. The summed E-state index contributed by atoms with van der Waals surface area (Å²) in [6.45, 7) is 5.88. The van der Waals surface area contributed by atoms with E-state index < -0.39 is 9.84 Å². The van der Waals surface area contributed by atoms with E-state index in [9.17, 15) is 8.42 Å². The Morgan fingerprint density at radius 1 is 1.22 bits per heavy atom. The summed E-state index contributed by atoms with van der Waals surface area (Å²) in [4.78, 5) is 6.63. The van der Waals surface area contributed by atoms with Crippen LogP contribution in [0.25, 0.3) is 0 Å². The molecule has 0 aliphatic carbocycles. The largest absolute Gasteiger partial charge is 0.497 e. The molecule has 27 heavy (non-hydrogen) atoms. The second-order valence-corrected chi connectivity index (χ2v) is 9.03. The van der Waals surface area contributed by atoms with Crippen molar-refractivity contribution in [2.75, 3.05) is 25.1 Å². The maximum Gasteiger partial charge on any atom is 0.236 e. The fourth-order valence-electron chi connectivity index (χ4n) is 3.23. The first kappa shape index (κ1) is 19.7. The van der Waals surface area contributed by atoms with E-state index in [2.05, 4.69) is 18.8 Å². The van der Waals surface area contributed by atoms with Crippen LogP contribution in [0.4, 0.5) is 5.88 Å². The molecule has 0 unspecified atom stereocenters. The van der Waals surface area contributed by atoms with Gasteiger partial charge in [-0.2, -0.15) is 4.98 Å². The molecule has 3 rings (SSSR count). The smallest absolute Gasteiger partial charge is 0.236 e. The van der Waals surface area contributed by atoms with Gasteiger partial charge in [0.15, 0.2) is 5.89 Å². The Kier molecular flexibility index (Phi) is 6.09. The molecule has 1 saturated heterocycles. The monoisotopic (exact) mass is 392 g/mol. The van der Waals surface area contributed by atoms with Crippen LogP contribution >= 0.6 is 0 Å². The Morgan fingerprint density at radius 3 is 2.48 bits per heavy atom. The molecule has 2 aromatic rings. The molecule has 0 saturated carbocycles. The van der Waals surface area contributed by atoms with Crippen molar-refractivity contribution >= 4 is 15.7 Å². The third-order valence-electron chi connectivity index (χ3n) is 5.06. The van der Waals surface area contributed by atoms with Gasteiger partial charge in [-0.05, 0) is 49.4 Å². The van der Waals surface area contributed by atoms with Crippen molar-refractivity contribution in [3.05, 3.63) is 30.2 Å². The van der Waals surface area contributed by atoms with Crippen molar-refractivity contribution in [2.45, 2.75) is 55.9 Å². The molecule has 7 heteroatoms. The molecule has 6 nitrogen and oxygen atoms in total. The lowest BCUT2D eigenvalue weighted by Gasteiger charge is -2.30. The van der Waals surface area contributed by atoms with Gasteiger partial charge < -0.3 is 14.1 Å². The van der Waals surface area contributed by atoms with Crippen LogP contribution in [0.15, 0.2) is 38.6 Å². The minimum absolute atomic E-state index is 0.0355. The molecule has 0 bridgehead atoms. The van der Waals surface area contributed by atoms with Gasteiger partial charge in [-0.15, -0.1) is 0 Å². The molecular weight excluding hydrogens is 364 g/mol. The van der Waals surface area contributed by atoms with Gasteiger partial charge in [0.25, 0.3) is 0 Å². The van der Waals surface area contributed by atoms with Crippen molar-refractivity contribution in [3.63, 3.8) is 0 Å². The first-order valence-electron chi connectivity index (χ1n) is 9.59. The van der Waals surface area contributed by atoms with Gasteiger partial charge in [-0.25, -0.2) is 8.42 Å². The molecule has 1 aromatic carbocycles. The Hall–Kier alpha value is -2.02. The average molecular weight is 393 g/mol. The lowest BCUT2D eigenvalue weighted by atomic mass is 9.99. The number of oxazole rings is 1. The molecule has 0 N–H and O–H groups in total. The number of nitrogens with zero attached hydrogens (tertiary/aromatic N) is 2. The highest BCUT2D eigenvalue weighted by atomic mass is 32.2. The zero-order valence-corrected chi connectivity index (χ0v) is 17.1. The molecule has 1 fully saturated rings. The molecular formula is C20H28N2O4S. The van der Waals surface area contributed by atoms with Gasteiger partial charge in [0, 0.05) is 19.5 Å². The topological polar surface area (TPSA) is 72.6 Å². The summed E-state index contributed by atoms with van der Waals surface area (Å²) in [5.74, 6) is 2.15. The summed E-state index contributed by atoms with van der Waals surface area (Å²) in [7, 11) is -2.21. The summed E-state index contributed by atoms with van der Waals surface area (Å²) >= 11 is 0. The quantitative estimate of drug-likeness (QED) is 0.706. The second kappa shape index (κ2) is 8.33. The summed E-state index contributed by atoms with van der Waals surface area (Å²) in [6, 6.07) is 6.40. The highest BCUT2D eigenvalue weighted by molar-refractivity contribution is 7.91. The van der Waals surface area contributed by atoms with Crippen LogP contribution in [-0.4, -0.2) is 33.6 Å². The summed E-state index contributed by atoms with van der Waals surface area (Å²) < 4.78 is 37.6. The number of hydrogen-bond donors (Lipinski definition) is 0. The van der Waals surface area contributed by atoms with Crippen LogP contribution in [0.1, 0.15) is 45.4 Å². The van der Waals surface area contributed by atoms with E-state index in [0.717, 1.165) is 38.8 Å². The molecule has 2 heterocycles. The lowest BCUT2D eigenvalue weighted by molar-refractivity contribution is 0.405. The normalized spacial score (nSPS) is 15.9. The number of rotatable bonds is 7. The van der Waals surface area contributed by atoms with Crippen molar-refractivity contribution in [3.8, 4) is 5.75 Å². The van der Waals surface area contributed by atoms with Crippen molar-refractivity contribution in [2.24, 2.45) is 5.92 Å². The van der Waals surface area contributed by atoms with E-state index in [1.165, 1.54) is 0 Å². The molecule has 0 atom stereocenters. The van der Waals surface area contributed by atoms with Gasteiger partial charge in [0.1, 0.15) is 5.75 Å². The van der Waals surface area contributed by atoms with Gasteiger partial charge >= 0.3 is 0 Å². The van der Waals surface area contributed by atoms with Gasteiger partial charge in [-0.3, -0.25) is 0 Å². The fourth-order valence-corrected chi connectivity index (χ4v) is 4.57. The fraction of sp³-hybridized carbons (Fsp3) is 0.550. The van der Waals surface area contributed by atoms with E-state index >= 15 is 0 Å². The molecule has 1 aliphatic heterocycles. The maximum atomic E-state index is 13.3. The minimum atomic E-state index is -3.76. The second-order valence-electron chi connectivity index (χ2n) is 7.17. The number of unbranched alkanes of at least 4 members (excludes halogenated alkanes) is 1. The number of benzene rings is 1. The molecule has 0 radical (unpaired) electrons. The zero-order chi connectivity index (χ0) is 19.4. The number of aryl methyl sites for hydroxylation is 1. The highest BCUT2D eigenvalue weighted by Gasteiger charge is 2.32. The SMILES string of the molecule is CCCCc1nc(S(=O)(=O)c2ccc(OC)cc2)c(N2CCC(C)CC2)o1. The standard InChI is InChI=1S/C20H28N2O4S/c1-4-5-6-18-21-19(20(26-18)22-13-11-15(2)12-14-22)27(23,24)17-9-7-16(25-3)8-10-17/h7-10,15H,4-6,11-14H2,1-3H3. The Morgan fingerprint density at radius 2 is 1.89 bits per heavy atom. The Labute approximate surface area is 161 Å². The van der Waals surface area contributed by atoms with E-state index in [0.29, 0.717) is 29.9 Å². The number of hydrogen-bond acceptors (Lipinski definition) is 6. The number of sulfone groups is 1. The molecule has 0 spiro atoms. The number of piperidine rings is 1. The maximum absolute atomic E-state index is 13.3. The Balaban J connectivity index is 1.99. The van der Waals surface area contributed by atoms with Gasteiger partial charge in [0.2, 0.25) is 20.7 Å². The number of methoxy groups -OCH3 is 1. The first-order valence-corrected chi connectivity index (χ1v) is 11.1. The van der Waals surface area contributed by atoms with Crippen LogP contribution in [-0.2, 0) is 16.3 Å².